The van der Waals surface area contributed by atoms with Crippen molar-refractivity contribution in [2.24, 2.45) is 11.8 Å². The van der Waals surface area contributed by atoms with E-state index in [0.29, 0.717) is 12.3 Å². The van der Waals surface area contributed by atoms with Crippen LogP contribution in [0.4, 0.5) is 4.79 Å². The summed E-state index contributed by atoms with van der Waals surface area (Å²) in [6.45, 7) is 5.43. The van der Waals surface area contributed by atoms with Crippen LogP contribution in [-0.4, -0.2) is 36.5 Å². The van der Waals surface area contributed by atoms with Crippen LogP contribution >= 0.6 is 0 Å². The number of rotatable bonds is 5. The lowest BCUT2D eigenvalue weighted by atomic mass is 9.87. The van der Waals surface area contributed by atoms with Gasteiger partial charge in [0.2, 0.25) is 0 Å². The molecule has 0 aromatic carbocycles. The predicted octanol–water partition coefficient (Wildman–Crippen LogP) is 2.47. The Morgan fingerprint density at radius 3 is 2.24 bits per heavy atom. The van der Waals surface area contributed by atoms with E-state index in [2.05, 4.69) is 0 Å². The van der Waals surface area contributed by atoms with Gasteiger partial charge in [0, 0.05) is 20.0 Å². The maximum absolute atomic E-state index is 12.2. The maximum Gasteiger partial charge on any atom is 0.410 e. The smallest absolute Gasteiger partial charge is 0.410 e. The summed E-state index contributed by atoms with van der Waals surface area (Å²) in [7, 11) is 3.25. The molecule has 1 amide bonds. The molecule has 1 atom stereocenters. The molecule has 4 heteroatoms. The third-order valence-electron chi connectivity index (χ3n) is 3.10. The summed E-state index contributed by atoms with van der Waals surface area (Å²) >= 11 is 0. The van der Waals surface area contributed by atoms with Crippen LogP contribution in [0.1, 0.15) is 40.0 Å². The summed E-state index contributed by atoms with van der Waals surface area (Å²) in [6, 6.07) is 0. The molecule has 0 spiro atoms. The molecule has 0 aromatic heterocycles. The Hall–Kier alpha value is -1.06. The van der Waals surface area contributed by atoms with Crippen molar-refractivity contribution in [3.8, 4) is 0 Å². The lowest BCUT2D eigenvalue weighted by molar-refractivity contribution is -0.141. The minimum Gasteiger partial charge on any atom is -0.435 e. The fourth-order valence-corrected chi connectivity index (χ4v) is 1.96. The van der Waals surface area contributed by atoms with E-state index in [1.54, 1.807) is 21.0 Å². The molecule has 98 valence electrons. The van der Waals surface area contributed by atoms with Gasteiger partial charge in [0.25, 0.3) is 0 Å². The van der Waals surface area contributed by atoms with Crippen LogP contribution in [0.3, 0.4) is 0 Å². The first-order valence-corrected chi connectivity index (χ1v) is 6.21. The number of nitrogens with zero attached hydrogens (tertiary/aromatic N) is 1. The van der Waals surface area contributed by atoms with E-state index in [-0.39, 0.29) is 11.7 Å². The van der Waals surface area contributed by atoms with Crippen LogP contribution in [0, 0.1) is 11.8 Å². The third-order valence-corrected chi connectivity index (χ3v) is 3.10. The van der Waals surface area contributed by atoms with Crippen LogP contribution in [0.2, 0.25) is 0 Å². The normalized spacial score (nSPS) is 18.7. The number of ketones is 1. The van der Waals surface area contributed by atoms with Crippen molar-refractivity contribution in [3.63, 3.8) is 0 Å². The topological polar surface area (TPSA) is 46.6 Å². The van der Waals surface area contributed by atoms with Gasteiger partial charge in [-0.15, -0.1) is 0 Å². The van der Waals surface area contributed by atoms with Gasteiger partial charge in [-0.1, -0.05) is 26.7 Å². The highest BCUT2D eigenvalue weighted by Gasteiger charge is 2.43. The standard InChI is InChI=1S/C13H23NO3/c1-9(2)11(15)13(3,8-10-6-7-10)17-12(16)14(4)5/h9-10H,6-8H2,1-5H3/t13-/m1/s1. The van der Waals surface area contributed by atoms with Gasteiger partial charge in [-0.25, -0.2) is 4.79 Å². The highest BCUT2D eigenvalue weighted by Crippen LogP contribution is 2.39. The molecular formula is C13H23NO3. The SMILES string of the molecule is CC(C)C(=O)[C@@](C)(CC1CC1)OC(=O)N(C)C. The summed E-state index contributed by atoms with van der Waals surface area (Å²) < 4.78 is 5.41. The zero-order valence-electron chi connectivity index (χ0n) is 11.4. The van der Waals surface area contributed by atoms with Crippen molar-refractivity contribution in [1.82, 2.24) is 4.90 Å². The number of carbonyl (C=O) groups excluding carboxylic acids is 2. The molecule has 1 fully saturated rings. The second kappa shape index (κ2) is 5.07. The monoisotopic (exact) mass is 241 g/mol. The molecular weight excluding hydrogens is 218 g/mol. The van der Waals surface area contributed by atoms with E-state index in [4.69, 9.17) is 4.74 Å². The van der Waals surface area contributed by atoms with Gasteiger partial charge in [0.05, 0.1) is 0 Å². The summed E-state index contributed by atoms with van der Waals surface area (Å²) in [5, 5.41) is 0. The van der Waals surface area contributed by atoms with Gasteiger partial charge in [0.1, 0.15) is 0 Å². The lowest BCUT2D eigenvalue weighted by Crippen LogP contribution is -2.45. The van der Waals surface area contributed by atoms with E-state index < -0.39 is 11.7 Å². The van der Waals surface area contributed by atoms with Gasteiger partial charge in [-0.3, -0.25) is 4.79 Å². The van der Waals surface area contributed by atoms with Crippen molar-refractivity contribution in [2.45, 2.75) is 45.6 Å². The van der Waals surface area contributed by atoms with Crippen molar-refractivity contribution >= 4 is 11.9 Å². The quantitative estimate of drug-likeness (QED) is 0.743. The first-order chi connectivity index (χ1) is 7.76. The molecule has 0 unspecified atom stereocenters. The summed E-state index contributed by atoms with van der Waals surface area (Å²) in [5.74, 6) is 0.436. The van der Waals surface area contributed by atoms with Crippen LogP contribution in [-0.2, 0) is 9.53 Å². The van der Waals surface area contributed by atoms with Crippen LogP contribution in [0.25, 0.3) is 0 Å². The van der Waals surface area contributed by atoms with Crippen molar-refractivity contribution < 1.29 is 14.3 Å². The predicted molar refractivity (Wildman–Crippen MR) is 65.8 cm³/mol. The molecule has 0 radical (unpaired) electrons. The number of carbonyl (C=O) groups is 2. The third kappa shape index (κ3) is 3.72. The van der Waals surface area contributed by atoms with Crippen LogP contribution in [0.5, 0.6) is 0 Å². The van der Waals surface area contributed by atoms with Gasteiger partial charge in [-0.05, 0) is 19.3 Å². The van der Waals surface area contributed by atoms with Crippen LogP contribution < -0.4 is 0 Å². The molecule has 1 rings (SSSR count). The fraction of sp³-hybridized carbons (Fsp3) is 0.846. The second-order valence-corrected chi connectivity index (χ2v) is 5.66. The van der Waals surface area contributed by atoms with E-state index >= 15 is 0 Å². The van der Waals surface area contributed by atoms with E-state index in [1.165, 1.54) is 4.90 Å². The molecule has 0 N–H and O–H groups in total. The Bertz CT molecular complexity index is 308. The van der Waals surface area contributed by atoms with E-state index in [1.807, 2.05) is 13.8 Å². The molecule has 0 heterocycles. The molecule has 0 aliphatic heterocycles. The molecule has 4 nitrogen and oxygen atoms in total. The van der Waals surface area contributed by atoms with Gasteiger partial charge < -0.3 is 9.64 Å². The van der Waals surface area contributed by atoms with Crippen molar-refractivity contribution in [1.29, 1.82) is 0 Å². The number of ether oxygens (including phenoxy) is 1. The number of hydrogen-bond donors (Lipinski definition) is 0. The molecule has 0 saturated heterocycles. The highest BCUT2D eigenvalue weighted by molar-refractivity contribution is 5.90. The summed E-state index contributed by atoms with van der Waals surface area (Å²) in [4.78, 5) is 25.2. The second-order valence-electron chi connectivity index (χ2n) is 5.66. The minimum atomic E-state index is -0.962. The van der Waals surface area contributed by atoms with Crippen molar-refractivity contribution in [2.75, 3.05) is 14.1 Å². The Kier molecular flexibility index (Phi) is 4.17. The molecule has 0 aromatic rings. The van der Waals surface area contributed by atoms with E-state index in [0.717, 1.165) is 12.8 Å². The molecule has 0 bridgehead atoms. The number of hydrogen-bond acceptors (Lipinski definition) is 3. The Balaban J connectivity index is 2.76. The largest absolute Gasteiger partial charge is 0.435 e. The zero-order chi connectivity index (χ0) is 13.2. The lowest BCUT2D eigenvalue weighted by Gasteiger charge is -2.31. The number of Topliss-reactive ketones (excluding diaryl/α,β-unsaturated/α-hetero) is 1. The fourth-order valence-electron chi connectivity index (χ4n) is 1.96. The van der Waals surface area contributed by atoms with Crippen LogP contribution in [0.15, 0.2) is 0 Å². The first-order valence-electron chi connectivity index (χ1n) is 6.21. The Labute approximate surface area is 103 Å². The molecule has 1 aliphatic rings. The molecule has 1 aliphatic carbocycles. The summed E-state index contributed by atoms with van der Waals surface area (Å²) in [6.07, 6.45) is 2.49. The average molecular weight is 241 g/mol. The maximum atomic E-state index is 12.2. The average Bonchev–Trinajstić information content (AvgIpc) is 2.99. The van der Waals surface area contributed by atoms with Gasteiger partial charge in [0.15, 0.2) is 11.4 Å². The minimum absolute atomic E-state index is 0.0135. The Morgan fingerprint density at radius 2 is 1.88 bits per heavy atom. The van der Waals surface area contributed by atoms with Gasteiger partial charge >= 0.3 is 6.09 Å². The van der Waals surface area contributed by atoms with Gasteiger partial charge in [-0.2, -0.15) is 0 Å². The van der Waals surface area contributed by atoms with Crippen molar-refractivity contribution in [3.05, 3.63) is 0 Å². The number of amides is 1. The Morgan fingerprint density at radius 1 is 1.35 bits per heavy atom. The molecule has 17 heavy (non-hydrogen) atoms. The summed E-state index contributed by atoms with van der Waals surface area (Å²) in [5.41, 5.74) is -0.962. The first kappa shape index (κ1) is 14.0. The molecule has 1 saturated carbocycles. The highest BCUT2D eigenvalue weighted by atomic mass is 16.6. The van der Waals surface area contributed by atoms with E-state index in [9.17, 15) is 9.59 Å². The zero-order valence-corrected chi connectivity index (χ0v) is 11.4.